The van der Waals surface area contributed by atoms with Gasteiger partial charge in [0.2, 0.25) is 0 Å². The number of carbonyl (C=O) groups is 3. The molecule has 1 aromatic heterocycles. The lowest BCUT2D eigenvalue weighted by molar-refractivity contribution is -0.123. The summed E-state index contributed by atoms with van der Waals surface area (Å²) in [6, 6.07) is 9.15. The largest absolute Gasteiger partial charge is 0.497 e. The Morgan fingerprint density at radius 2 is 1.87 bits per heavy atom. The van der Waals surface area contributed by atoms with Crippen molar-refractivity contribution in [2.24, 2.45) is 0 Å². The third-order valence-electron chi connectivity index (χ3n) is 2.66. The molecule has 8 heteroatoms. The molecule has 2 aromatic rings. The number of imide groups is 1. The fraction of sp³-hybridized carbons (Fsp3) is 0.133. The van der Waals surface area contributed by atoms with Crippen LogP contribution in [0, 0.1) is 0 Å². The molecule has 0 radical (unpaired) electrons. The maximum atomic E-state index is 11.6. The number of amides is 3. The van der Waals surface area contributed by atoms with Crippen molar-refractivity contribution in [3.8, 4) is 5.75 Å². The van der Waals surface area contributed by atoms with Crippen molar-refractivity contribution in [1.82, 2.24) is 5.32 Å². The van der Waals surface area contributed by atoms with Crippen molar-refractivity contribution in [2.45, 2.75) is 0 Å². The molecule has 7 nitrogen and oxygen atoms in total. The van der Waals surface area contributed by atoms with Crippen molar-refractivity contribution >= 4 is 34.9 Å². The molecular weight excluding hydrogens is 320 g/mol. The van der Waals surface area contributed by atoms with Crippen molar-refractivity contribution in [1.29, 1.82) is 0 Å². The van der Waals surface area contributed by atoms with Gasteiger partial charge in [-0.1, -0.05) is 6.07 Å². The van der Waals surface area contributed by atoms with E-state index in [2.05, 4.69) is 10.6 Å². The molecule has 2 N–H and O–H groups in total. The quantitative estimate of drug-likeness (QED) is 0.818. The van der Waals surface area contributed by atoms with Gasteiger partial charge in [0.1, 0.15) is 10.6 Å². The van der Waals surface area contributed by atoms with E-state index in [1.165, 1.54) is 18.4 Å². The molecule has 0 atom stereocenters. The van der Waals surface area contributed by atoms with E-state index in [-0.39, 0.29) is 0 Å². The maximum Gasteiger partial charge on any atom is 0.348 e. The van der Waals surface area contributed by atoms with E-state index in [4.69, 9.17) is 9.47 Å². The summed E-state index contributed by atoms with van der Waals surface area (Å²) in [6.45, 7) is -0.535. The zero-order valence-corrected chi connectivity index (χ0v) is 13.0. The smallest absolute Gasteiger partial charge is 0.348 e. The van der Waals surface area contributed by atoms with Crippen LogP contribution in [0.15, 0.2) is 41.8 Å². The minimum Gasteiger partial charge on any atom is -0.497 e. The maximum absolute atomic E-state index is 11.6. The fourth-order valence-electron chi connectivity index (χ4n) is 1.60. The molecular formula is C15H14N2O5S. The van der Waals surface area contributed by atoms with Gasteiger partial charge in [0.05, 0.1) is 7.11 Å². The highest BCUT2D eigenvalue weighted by molar-refractivity contribution is 7.11. The summed E-state index contributed by atoms with van der Waals surface area (Å²) in [5.41, 5.74) is 0.492. The van der Waals surface area contributed by atoms with Gasteiger partial charge in [-0.15, -0.1) is 11.3 Å². The third-order valence-corrected chi connectivity index (χ3v) is 3.51. The second-order valence-electron chi connectivity index (χ2n) is 4.28. The SMILES string of the molecule is COc1ccc(NC(=O)NC(=O)COC(=O)c2cccs2)cc1. The van der Waals surface area contributed by atoms with Crippen LogP contribution in [0.4, 0.5) is 10.5 Å². The Bertz CT molecular complexity index is 682. The normalized spacial score (nSPS) is 9.78. The number of hydrogen-bond acceptors (Lipinski definition) is 6. The molecule has 23 heavy (non-hydrogen) atoms. The van der Waals surface area contributed by atoms with Gasteiger partial charge < -0.3 is 14.8 Å². The minimum atomic E-state index is -0.721. The molecule has 0 saturated heterocycles. The van der Waals surface area contributed by atoms with E-state index >= 15 is 0 Å². The number of nitrogens with one attached hydrogen (secondary N) is 2. The lowest BCUT2D eigenvalue weighted by atomic mass is 10.3. The first-order valence-corrected chi connectivity index (χ1v) is 7.42. The van der Waals surface area contributed by atoms with E-state index in [0.29, 0.717) is 16.3 Å². The Morgan fingerprint density at radius 1 is 1.13 bits per heavy atom. The minimum absolute atomic E-state index is 0.389. The highest BCUT2D eigenvalue weighted by Gasteiger charge is 2.13. The Labute approximate surface area is 136 Å². The summed E-state index contributed by atoms with van der Waals surface area (Å²) in [7, 11) is 1.53. The molecule has 0 fully saturated rings. The summed E-state index contributed by atoms with van der Waals surface area (Å²) in [5.74, 6) is -0.681. The van der Waals surface area contributed by atoms with Crippen LogP contribution in [-0.4, -0.2) is 31.6 Å². The number of methoxy groups -OCH3 is 1. The average molecular weight is 334 g/mol. The molecule has 0 unspecified atom stereocenters. The number of thiophene rings is 1. The fourth-order valence-corrected chi connectivity index (χ4v) is 2.21. The summed E-state index contributed by atoms with van der Waals surface area (Å²) in [4.78, 5) is 35.1. The van der Waals surface area contributed by atoms with Crippen LogP contribution in [0.3, 0.4) is 0 Å². The molecule has 0 aliphatic heterocycles. The van der Waals surface area contributed by atoms with Gasteiger partial charge in [0, 0.05) is 5.69 Å². The van der Waals surface area contributed by atoms with E-state index < -0.39 is 24.5 Å². The third kappa shape index (κ3) is 5.11. The average Bonchev–Trinajstić information content (AvgIpc) is 3.07. The molecule has 0 spiro atoms. The Morgan fingerprint density at radius 3 is 2.48 bits per heavy atom. The molecule has 2 rings (SSSR count). The lowest BCUT2D eigenvalue weighted by Gasteiger charge is -2.07. The second kappa shape index (κ2) is 7.95. The van der Waals surface area contributed by atoms with Gasteiger partial charge >= 0.3 is 12.0 Å². The standard InChI is InChI=1S/C15H14N2O5S/c1-21-11-6-4-10(5-7-11)16-15(20)17-13(18)9-22-14(19)12-3-2-8-23-12/h2-8H,9H2,1H3,(H2,16,17,18,20). The number of anilines is 1. The van der Waals surface area contributed by atoms with E-state index in [1.54, 1.807) is 41.8 Å². The van der Waals surface area contributed by atoms with Crippen molar-refractivity contribution in [3.05, 3.63) is 46.7 Å². The number of hydrogen-bond donors (Lipinski definition) is 2. The molecule has 0 aliphatic carbocycles. The van der Waals surface area contributed by atoms with E-state index in [0.717, 1.165) is 0 Å². The monoisotopic (exact) mass is 334 g/mol. The van der Waals surface area contributed by atoms with Crippen LogP contribution in [0.2, 0.25) is 0 Å². The van der Waals surface area contributed by atoms with E-state index in [9.17, 15) is 14.4 Å². The van der Waals surface area contributed by atoms with Crippen LogP contribution >= 0.6 is 11.3 Å². The topological polar surface area (TPSA) is 93.7 Å². The van der Waals surface area contributed by atoms with Crippen molar-refractivity contribution in [2.75, 3.05) is 19.0 Å². The number of esters is 1. The first-order valence-electron chi connectivity index (χ1n) is 6.54. The van der Waals surface area contributed by atoms with Crippen molar-refractivity contribution < 1.29 is 23.9 Å². The first kappa shape index (κ1) is 16.5. The summed E-state index contributed by atoms with van der Waals surface area (Å²) < 4.78 is 9.79. The molecule has 0 bridgehead atoms. The predicted molar refractivity (Wildman–Crippen MR) is 84.8 cm³/mol. The number of benzene rings is 1. The number of rotatable bonds is 5. The molecule has 1 aromatic carbocycles. The zero-order chi connectivity index (χ0) is 16.7. The predicted octanol–water partition coefficient (Wildman–Crippen LogP) is 2.26. The number of ether oxygens (including phenoxy) is 2. The van der Waals surface area contributed by atoms with Gasteiger partial charge in [-0.2, -0.15) is 0 Å². The van der Waals surface area contributed by atoms with Crippen LogP contribution in [0.1, 0.15) is 9.67 Å². The lowest BCUT2D eigenvalue weighted by Crippen LogP contribution is -2.37. The van der Waals surface area contributed by atoms with Crippen LogP contribution in [0.5, 0.6) is 5.75 Å². The first-order chi connectivity index (χ1) is 11.1. The number of carbonyl (C=O) groups excluding carboxylic acids is 3. The van der Waals surface area contributed by atoms with Crippen molar-refractivity contribution in [3.63, 3.8) is 0 Å². The highest BCUT2D eigenvalue weighted by Crippen LogP contribution is 2.14. The molecule has 0 saturated carbocycles. The highest BCUT2D eigenvalue weighted by atomic mass is 32.1. The molecule has 3 amide bonds. The van der Waals surface area contributed by atoms with Crippen LogP contribution in [-0.2, 0) is 9.53 Å². The Hall–Kier alpha value is -2.87. The summed E-state index contributed by atoms with van der Waals surface area (Å²) in [6.07, 6.45) is 0. The summed E-state index contributed by atoms with van der Waals surface area (Å²) >= 11 is 1.21. The van der Waals surface area contributed by atoms with Gasteiger partial charge in [0.15, 0.2) is 6.61 Å². The molecule has 120 valence electrons. The van der Waals surface area contributed by atoms with Gasteiger partial charge in [-0.05, 0) is 35.7 Å². The molecule has 1 heterocycles. The molecule has 0 aliphatic rings. The zero-order valence-electron chi connectivity index (χ0n) is 12.2. The Kier molecular flexibility index (Phi) is 5.70. The van der Waals surface area contributed by atoms with Gasteiger partial charge in [-0.3, -0.25) is 10.1 Å². The van der Waals surface area contributed by atoms with E-state index in [1.807, 2.05) is 0 Å². The number of urea groups is 1. The van der Waals surface area contributed by atoms with Crippen LogP contribution in [0.25, 0.3) is 0 Å². The van der Waals surface area contributed by atoms with Gasteiger partial charge in [0.25, 0.3) is 5.91 Å². The summed E-state index contributed by atoms with van der Waals surface area (Å²) in [5, 5.41) is 6.26. The Balaban J connectivity index is 1.75. The second-order valence-corrected chi connectivity index (χ2v) is 5.23. The van der Waals surface area contributed by atoms with Gasteiger partial charge in [-0.25, -0.2) is 9.59 Å². The van der Waals surface area contributed by atoms with Crippen LogP contribution < -0.4 is 15.4 Å².